The van der Waals surface area contributed by atoms with E-state index in [0.717, 1.165) is 24.2 Å². The quantitative estimate of drug-likeness (QED) is 0.856. The van der Waals surface area contributed by atoms with Crippen molar-refractivity contribution < 1.29 is 9.53 Å². The zero-order valence-corrected chi connectivity index (χ0v) is 10.3. The molecule has 2 N–H and O–H groups in total. The Morgan fingerprint density at radius 3 is 2.89 bits per heavy atom. The van der Waals surface area contributed by atoms with Gasteiger partial charge in [-0.3, -0.25) is 4.79 Å². The lowest BCUT2D eigenvalue weighted by atomic mass is 10.0. The molecule has 18 heavy (non-hydrogen) atoms. The van der Waals surface area contributed by atoms with Crippen LogP contribution in [-0.4, -0.2) is 30.5 Å². The largest absolute Gasteiger partial charge is 0.491 e. The molecular weight excluding hydrogens is 228 g/mol. The standard InChI is InChI=1S/C14H18N2O2/c15-9-12-11-3-1-2-4-13(11)18-8-7-16(12)14(17)10-5-6-10/h1-4,10,12H,5-9,15H2. The van der Waals surface area contributed by atoms with Gasteiger partial charge in [-0.15, -0.1) is 0 Å². The number of fused-ring (bicyclic) bond motifs is 1. The number of benzene rings is 1. The zero-order chi connectivity index (χ0) is 12.5. The predicted octanol–water partition coefficient (Wildman–Crippen LogP) is 1.32. The first-order chi connectivity index (χ1) is 8.81. The Kier molecular flexibility index (Phi) is 2.96. The predicted molar refractivity (Wildman–Crippen MR) is 68.2 cm³/mol. The smallest absolute Gasteiger partial charge is 0.226 e. The van der Waals surface area contributed by atoms with Crippen LogP contribution in [0.5, 0.6) is 5.75 Å². The van der Waals surface area contributed by atoms with E-state index >= 15 is 0 Å². The Morgan fingerprint density at radius 1 is 1.39 bits per heavy atom. The lowest BCUT2D eigenvalue weighted by Gasteiger charge is -2.29. The topological polar surface area (TPSA) is 55.6 Å². The summed E-state index contributed by atoms with van der Waals surface area (Å²) in [5, 5.41) is 0. The maximum atomic E-state index is 12.3. The van der Waals surface area contributed by atoms with Crippen molar-refractivity contribution in [1.29, 1.82) is 0 Å². The second kappa shape index (κ2) is 4.61. The number of amides is 1. The Balaban J connectivity index is 1.94. The maximum absolute atomic E-state index is 12.3. The molecule has 96 valence electrons. The molecule has 4 nitrogen and oxygen atoms in total. The molecule has 1 heterocycles. The van der Waals surface area contributed by atoms with E-state index in [2.05, 4.69) is 0 Å². The first-order valence-corrected chi connectivity index (χ1v) is 6.53. The number of rotatable bonds is 2. The van der Waals surface area contributed by atoms with Gasteiger partial charge in [0.05, 0.1) is 12.6 Å². The molecule has 1 atom stereocenters. The van der Waals surface area contributed by atoms with Crippen LogP contribution in [0.15, 0.2) is 24.3 Å². The molecule has 0 radical (unpaired) electrons. The van der Waals surface area contributed by atoms with Crippen LogP contribution in [0.3, 0.4) is 0 Å². The summed E-state index contributed by atoms with van der Waals surface area (Å²) in [6, 6.07) is 7.83. The fraction of sp³-hybridized carbons (Fsp3) is 0.500. The lowest BCUT2D eigenvalue weighted by molar-refractivity contribution is -0.135. The van der Waals surface area contributed by atoms with E-state index < -0.39 is 0 Å². The zero-order valence-electron chi connectivity index (χ0n) is 10.3. The molecule has 1 unspecified atom stereocenters. The highest BCUT2D eigenvalue weighted by Crippen LogP contribution is 2.37. The van der Waals surface area contributed by atoms with E-state index in [-0.39, 0.29) is 17.9 Å². The number of carbonyl (C=O) groups is 1. The molecule has 1 aromatic carbocycles. The van der Waals surface area contributed by atoms with E-state index in [1.165, 1.54) is 0 Å². The second-order valence-electron chi connectivity index (χ2n) is 4.94. The SMILES string of the molecule is NCC1c2ccccc2OCCN1C(=O)C1CC1. The number of hydrogen-bond acceptors (Lipinski definition) is 3. The second-order valence-corrected chi connectivity index (χ2v) is 4.94. The normalized spacial score (nSPS) is 22.9. The third-order valence-corrected chi connectivity index (χ3v) is 3.68. The summed E-state index contributed by atoms with van der Waals surface area (Å²) in [5.74, 6) is 1.33. The van der Waals surface area contributed by atoms with E-state index in [0.29, 0.717) is 19.7 Å². The van der Waals surface area contributed by atoms with E-state index in [9.17, 15) is 4.79 Å². The van der Waals surface area contributed by atoms with Gasteiger partial charge in [-0.25, -0.2) is 0 Å². The molecule has 1 saturated carbocycles. The summed E-state index contributed by atoms with van der Waals surface area (Å²) in [4.78, 5) is 14.2. The average Bonchev–Trinajstić information content (AvgIpc) is 3.23. The minimum absolute atomic E-state index is 0.0446. The molecule has 1 amide bonds. The minimum Gasteiger partial charge on any atom is -0.491 e. The van der Waals surface area contributed by atoms with Gasteiger partial charge < -0.3 is 15.4 Å². The van der Waals surface area contributed by atoms with Gasteiger partial charge in [0, 0.05) is 18.0 Å². The molecule has 1 aliphatic heterocycles. The Labute approximate surface area is 107 Å². The fourth-order valence-electron chi connectivity index (χ4n) is 2.55. The average molecular weight is 246 g/mol. The van der Waals surface area contributed by atoms with Crippen molar-refractivity contribution in [1.82, 2.24) is 4.90 Å². The fourth-order valence-corrected chi connectivity index (χ4v) is 2.55. The molecule has 4 heteroatoms. The number of nitrogens with two attached hydrogens (primary N) is 1. The molecule has 1 aromatic rings. The van der Waals surface area contributed by atoms with Gasteiger partial charge in [0.15, 0.2) is 0 Å². The molecule has 3 rings (SSSR count). The van der Waals surface area contributed by atoms with E-state index in [1.54, 1.807) is 0 Å². The van der Waals surface area contributed by atoms with Gasteiger partial charge in [0.2, 0.25) is 5.91 Å². The maximum Gasteiger partial charge on any atom is 0.226 e. The Morgan fingerprint density at radius 2 is 2.17 bits per heavy atom. The molecular formula is C14H18N2O2. The van der Waals surface area contributed by atoms with Crippen molar-refractivity contribution in [2.24, 2.45) is 11.7 Å². The first-order valence-electron chi connectivity index (χ1n) is 6.53. The van der Waals surface area contributed by atoms with Crippen molar-refractivity contribution in [2.75, 3.05) is 19.7 Å². The summed E-state index contributed by atoms with van der Waals surface area (Å²) in [7, 11) is 0. The van der Waals surface area contributed by atoms with Crippen LogP contribution < -0.4 is 10.5 Å². The van der Waals surface area contributed by atoms with Crippen molar-refractivity contribution >= 4 is 5.91 Å². The number of hydrogen-bond donors (Lipinski definition) is 1. The molecule has 0 aromatic heterocycles. The van der Waals surface area contributed by atoms with Crippen molar-refractivity contribution in [3.8, 4) is 5.75 Å². The van der Waals surface area contributed by atoms with Gasteiger partial charge in [0.1, 0.15) is 12.4 Å². The third-order valence-electron chi connectivity index (χ3n) is 3.68. The van der Waals surface area contributed by atoms with Gasteiger partial charge in [0.25, 0.3) is 0 Å². The number of nitrogens with zero attached hydrogens (tertiary/aromatic N) is 1. The summed E-state index contributed by atoms with van der Waals surface area (Å²) in [5.41, 5.74) is 6.92. The summed E-state index contributed by atoms with van der Waals surface area (Å²) in [6.45, 7) is 1.62. The third kappa shape index (κ3) is 1.97. The van der Waals surface area contributed by atoms with Crippen molar-refractivity contribution in [2.45, 2.75) is 18.9 Å². The van der Waals surface area contributed by atoms with Gasteiger partial charge in [-0.2, -0.15) is 0 Å². The van der Waals surface area contributed by atoms with Gasteiger partial charge in [-0.1, -0.05) is 18.2 Å². The summed E-state index contributed by atoms with van der Waals surface area (Å²) >= 11 is 0. The summed E-state index contributed by atoms with van der Waals surface area (Å²) in [6.07, 6.45) is 2.05. The monoisotopic (exact) mass is 246 g/mol. The van der Waals surface area contributed by atoms with Crippen LogP contribution in [-0.2, 0) is 4.79 Å². The van der Waals surface area contributed by atoms with Gasteiger partial charge >= 0.3 is 0 Å². The molecule has 0 spiro atoms. The Bertz CT molecular complexity index is 457. The van der Waals surface area contributed by atoms with E-state index in [1.807, 2.05) is 29.2 Å². The molecule has 2 aliphatic rings. The van der Waals surface area contributed by atoms with Crippen molar-refractivity contribution in [3.63, 3.8) is 0 Å². The van der Waals surface area contributed by atoms with Crippen LogP contribution >= 0.6 is 0 Å². The van der Waals surface area contributed by atoms with Crippen molar-refractivity contribution in [3.05, 3.63) is 29.8 Å². The molecule has 0 bridgehead atoms. The minimum atomic E-state index is -0.0446. The van der Waals surface area contributed by atoms with Crippen LogP contribution in [0.2, 0.25) is 0 Å². The summed E-state index contributed by atoms with van der Waals surface area (Å²) < 4.78 is 5.71. The highest BCUT2D eigenvalue weighted by atomic mass is 16.5. The highest BCUT2D eigenvalue weighted by Gasteiger charge is 2.37. The van der Waals surface area contributed by atoms with Crippen LogP contribution in [0.4, 0.5) is 0 Å². The number of para-hydroxylation sites is 1. The number of carbonyl (C=O) groups excluding carboxylic acids is 1. The molecule has 1 fully saturated rings. The molecule has 1 aliphatic carbocycles. The van der Waals surface area contributed by atoms with E-state index in [4.69, 9.17) is 10.5 Å². The first kappa shape index (κ1) is 11.5. The Hall–Kier alpha value is -1.55. The number of ether oxygens (including phenoxy) is 1. The van der Waals surface area contributed by atoms with Crippen LogP contribution in [0.25, 0.3) is 0 Å². The van der Waals surface area contributed by atoms with Crippen LogP contribution in [0.1, 0.15) is 24.4 Å². The lowest BCUT2D eigenvalue weighted by Crippen LogP contribution is -2.40. The van der Waals surface area contributed by atoms with Crippen LogP contribution in [0, 0.1) is 5.92 Å². The highest BCUT2D eigenvalue weighted by molar-refractivity contribution is 5.81. The molecule has 0 saturated heterocycles. The van der Waals surface area contributed by atoms with Gasteiger partial charge in [-0.05, 0) is 18.9 Å².